The van der Waals surface area contributed by atoms with Gasteiger partial charge in [-0.25, -0.2) is 0 Å². The third-order valence-electron chi connectivity index (χ3n) is 3.69. The Morgan fingerprint density at radius 1 is 1.50 bits per heavy atom. The van der Waals surface area contributed by atoms with Gasteiger partial charge in [0.2, 0.25) is 0 Å². The molecule has 1 aromatic heterocycles. The lowest BCUT2D eigenvalue weighted by Crippen LogP contribution is -2.41. The van der Waals surface area contributed by atoms with Gasteiger partial charge in [0, 0.05) is 25.2 Å². The molecule has 2 atom stereocenters. The maximum atomic E-state index is 6.49. The number of hydrogen-bond acceptors (Lipinski definition) is 3. The summed E-state index contributed by atoms with van der Waals surface area (Å²) in [5.41, 5.74) is 7.46. The van der Waals surface area contributed by atoms with E-state index in [0.29, 0.717) is 0 Å². The molecule has 2 N–H and O–H groups in total. The molecular weight excluding hydrogens is 200 g/mol. The van der Waals surface area contributed by atoms with Crippen molar-refractivity contribution in [2.24, 2.45) is 18.7 Å². The van der Waals surface area contributed by atoms with Crippen LogP contribution in [0.2, 0.25) is 0 Å². The van der Waals surface area contributed by atoms with Crippen LogP contribution in [0.25, 0.3) is 0 Å². The topological polar surface area (TPSA) is 56.7 Å². The van der Waals surface area contributed by atoms with Gasteiger partial charge >= 0.3 is 0 Å². The van der Waals surface area contributed by atoms with E-state index in [2.05, 4.69) is 17.2 Å². The lowest BCUT2D eigenvalue weighted by atomic mass is 9.86. The normalized spacial score (nSPS) is 31.3. The van der Waals surface area contributed by atoms with Crippen molar-refractivity contribution in [3.63, 3.8) is 0 Å². The molecule has 1 fully saturated rings. The standard InChI is InChI=1S/C12H22N4/c1-10-4-3-6-12(13,7-5-10)8-11-9-16(2)15-14-11/h9-10H,3-8,13H2,1-2H3. The van der Waals surface area contributed by atoms with Crippen molar-refractivity contribution in [3.8, 4) is 0 Å². The van der Waals surface area contributed by atoms with E-state index >= 15 is 0 Å². The molecule has 1 heterocycles. The van der Waals surface area contributed by atoms with E-state index < -0.39 is 0 Å². The van der Waals surface area contributed by atoms with Gasteiger partial charge in [0.1, 0.15) is 0 Å². The molecule has 0 aromatic carbocycles. The molecule has 1 saturated carbocycles. The first-order valence-corrected chi connectivity index (χ1v) is 6.21. The number of nitrogens with two attached hydrogens (primary N) is 1. The highest BCUT2D eigenvalue weighted by Crippen LogP contribution is 2.30. The summed E-state index contributed by atoms with van der Waals surface area (Å²) in [6.07, 6.45) is 8.89. The van der Waals surface area contributed by atoms with Crippen LogP contribution in [0.15, 0.2) is 6.20 Å². The predicted molar refractivity (Wildman–Crippen MR) is 63.9 cm³/mol. The van der Waals surface area contributed by atoms with Crippen LogP contribution in [0, 0.1) is 5.92 Å². The highest BCUT2D eigenvalue weighted by atomic mass is 15.4. The second-order valence-corrected chi connectivity index (χ2v) is 5.46. The van der Waals surface area contributed by atoms with Crippen molar-refractivity contribution in [2.75, 3.05) is 0 Å². The van der Waals surface area contributed by atoms with Crippen LogP contribution >= 0.6 is 0 Å². The highest BCUT2D eigenvalue weighted by molar-refractivity contribution is 5.02. The van der Waals surface area contributed by atoms with E-state index in [1.807, 2.05) is 13.2 Å². The molecule has 2 rings (SSSR count). The fraction of sp³-hybridized carbons (Fsp3) is 0.833. The minimum Gasteiger partial charge on any atom is -0.325 e. The summed E-state index contributed by atoms with van der Waals surface area (Å²) < 4.78 is 1.75. The van der Waals surface area contributed by atoms with Gasteiger partial charge in [-0.05, 0) is 25.2 Å². The summed E-state index contributed by atoms with van der Waals surface area (Å²) in [5, 5.41) is 8.10. The van der Waals surface area contributed by atoms with Gasteiger partial charge < -0.3 is 5.73 Å². The molecule has 1 aliphatic carbocycles. The molecular formula is C12H22N4. The summed E-state index contributed by atoms with van der Waals surface area (Å²) in [5.74, 6) is 0.826. The molecule has 0 bridgehead atoms. The van der Waals surface area contributed by atoms with Crippen LogP contribution in [-0.4, -0.2) is 20.5 Å². The zero-order chi connectivity index (χ0) is 11.6. The van der Waals surface area contributed by atoms with Gasteiger partial charge in [-0.1, -0.05) is 25.0 Å². The lowest BCUT2D eigenvalue weighted by Gasteiger charge is -2.27. The van der Waals surface area contributed by atoms with Crippen LogP contribution in [0.3, 0.4) is 0 Å². The van der Waals surface area contributed by atoms with Crippen molar-refractivity contribution in [3.05, 3.63) is 11.9 Å². The molecule has 0 radical (unpaired) electrons. The van der Waals surface area contributed by atoms with Crippen molar-refractivity contribution in [1.82, 2.24) is 15.0 Å². The van der Waals surface area contributed by atoms with Gasteiger partial charge in [-0.2, -0.15) is 0 Å². The zero-order valence-electron chi connectivity index (χ0n) is 10.3. The third kappa shape index (κ3) is 2.82. The van der Waals surface area contributed by atoms with E-state index in [-0.39, 0.29) is 5.54 Å². The summed E-state index contributed by atoms with van der Waals surface area (Å²) >= 11 is 0. The molecule has 0 saturated heterocycles. The molecule has 0 spiro atoms. The van der Waals surface area contributed by atoms with Gasteiger partial charge in [-0.3, -0.25) is 4.68 Å². The van der Waals surface area contributed by atoms with Crippen molar-refractivity contribution < 1.29 is 0 Å². The summed E-state index contributed by atoms with van der Waals surface area (Å²) in [7, 11) is 1.90. The Hall–Kier alpha value is -0.900. The van der Waals surface area contributed by atoms with Crippen LogP contribution in [0.4, 0.5) is 0 Å². The minimum absolute atomic E-state index is 0.0548. The summed E-state index contributed by atoms with van der Waals surface area (Å²) in [6, 6.07) is 0. The van der Waals surface area contributed by atoms with Crippen LogP contribution in [0.1, 0.15) is 44.7 Å². The highest BCUT2D eigenvalue weighted by Gasteiger charge is 2.29. The first-order chi connectivity index (χ1) is 7.57. The van der Waals surface area contributed by atoms with E-state index in [1.165, 1.54) is 19.3 Å². The average molecular weight is 222 g/mol. The lowest BCUT2D eigenvalue weighted by molar-refractivity contribution is 0.360. The Kier molecular flexibility index (Phi) is 3.28. The van der Waals surface area contributed by atoms with Gasteiger partial charge in [0.05, 0.1) is 5.69 Å². The number of hydrogen-bond donors (Lipinski definition) is 1. The summed E-state index contributed by atoms with van der Waals surface area (Å²) in [4.78, 5) is 0. The first kappa shape index (κ1) is 11.6. The molecule has 1 aromatic rings. The Morgan fingerprint density at radius 3 is 3.00 bits per heavy atom. The van der Waals surface area contributed by atoms with Gasteiger partial charge in [-0.15, -0.1) is 5.10 Å². The minimum atomic E-state index is -0.0548. The van der Waals surface area contributed by atoms with Crippen LogP contribution in [0.5, 0.6) is 0 Å². The molecule has 0 amide bonds. The van der Waals surface area contributed by atoms with Gasteiger partial charge in [0.25, 0.3) is 0 Å². The fourth-order valence-electron chi connectivity index (χ4n) is 2.62. The molecule has 90 valence electrons. The van der Waals surface area contributed by atoms with Crippen molar-refractivity contribution in [1.29, 1.82) is 0 Å². The van der Waals surface area contributed by atoms with Crippen molar-refractivity contribution >= 4 is 0 Å². The Labute approximate surface area is 97.2 Å². The molecule has 4 heteroatoms. The van der Waals surface area contributed by atoms with Crippen LogP contribution < -0.4 is 5.73 Å². The smallest absolute Gasteiger partial charge is 0.0845 e. The van der Waals surface area contributed by atoms with E-state index in [4.69, 9.17) is 5.73 Å². The molecule has 2 unspecified atom stereocenters. The number of aryl methyl sites for hydroxylation is 1. The van der Waals surface area contributed by atoms with E-state index in [1.54, 1.807) is 4.68 Å². The number of nitrogens with zero attached hydrogens (tertiary/aromatic N) is 3. The molecule has 1 aliphatic rings. The SMILES string of the molecule is CC1CCCC(N)(Cc2cn(C)nn2)CC1. The van der Waals surface area contributed by atoms with E-state index in [0.717, 1.165) is 30.9 Å². The molecule has 0 aliphatic heterocycles. The second kappa shape index (κ2) is 4.53. The van der Waals surface area contributed by atoms with Crippen LogP contribution in [-0.2, 0) is 13.5 Å². The largest absolute Gasteiger partial charge is 0.325 e. The first-order valence-electron chi connectivity index (χ1n) is 6.21. The summed E-state index contributed by atoms with van der Waals surface area (Å²) in [6.45, 7) is 2.33. The maximum Gasteiger partial charge on any atom is 0.0845 e. The average Bonchev–Trinajstić information content (AvgIpc) is 2.53. The Bertz CT molecular complexity index is 347. The number of aromatic nitrogens is 3. The predicted octanol–water partition coefficient (Wildman–Crippen LogP) is 1.66. The second-order valence-electron chi connectivity index (χ2n) is 5.46. The third-order valence-corrected chi connectivity index (χ3v) is 3.69. The number of rotatable bonds is 2. The Balaban J connectivity index is 2.01. The Morgan fingerprint density at radius 2 is 2.31 bits per heavy atom. The molecule has 4 nitrogen and oxygen atoms in total. The molecule has 16 heavy (non-hydrogen) atoms. The monoisotopic (exact) mass is 222 g/mol. The zero-order valence-corrected chi connectivity index (χ0v) is 10.3. The maximum absolute atomic E-state index is 6.49. The van der Waals surface area contributed by atoms with Crippen molar-refractivity contribution in [2.45, 2.75) is 51.0 Å². The van der Waals surface area contributed by atoms with E-state index in [9.17, 15) is 0 Å². The van der Waals surface area contributed by atoms with Gasteiger partial charge in [0.15, 0.2) is 0 Å². The fourth-order valence-corrected chi connectivity index (χ4v) is 2.62. The quantitative estimate of drug-likeness (QED) is 0.774.